The minimum absolute atomic E-state index is 0.116. The number of halogens is 1. The Morgan fingerprint density at radius 3 is 2.58 bits per heavy atom. The van der Waals surface area contributed by atoms with E-state index in [0.717, 1.165) is 12.8 Å². The molecule has 1 fully saturated rings. The summed E-state index contributed by atoms with van der Waals surface area (Å²) in [5, 5.41) is 0.382. The van der Waals surface area contributed by atoms with Crippen molar-refractivity contribution in [2.45, 2.75) is 37.6 Å². The van der Waals surface area contributed by atoms with Gasteiger partial charge in [-0.15, -0.1) is 0 Å². The van der Waals surface area contributed by atoms with E-state index in [2.05, 4.69) is 0 Å². The van der Waals surface area contributed by atoms with E-state index in [-0.39, 0.29) is 22.5 Å². The van der Waals surface area contributed by atoms with Crippen molar-refractivity contribution in [1.82, 2.24) is 4.31 Å². The van der Waals surface area contributed by atoms with Gasteiger partial charge in [-0.1, -0.05) is 25.4 Å². The molecular weight excluding hydrogens is 284 g/mol. The Morgan fingerprint density at radius 1 is 1.42 bits per heavy atom. The van der Waals surface area contributed by atoms with Crippen LogP contribution in [0.3, 0.4) is 0 Å². The number of benzene rings is 1. The lowest BCUT2D eigenvalue weighted by Gasteiger charge is -2.24. The third-order valence-electron chi connectivity index (χ3n) is 3.06. The topological polar surface area (TPSA) is 63.4 Å². The fraction of sp³-hybridized carbons (Fsp3) is 0.538. The lowest BCUT2D eigenvalue weighted by Crippen LogP contribution is -2.36. The Balaban J connectivity index is 2.41. The first kappa shape index (κ1) is 14.6. The molecule has 1 aliphatic rings. The second kappa shape index (κ2) is 5.31. The van der Waals surface area contributed by atoms with Crippen molar-refractivity contribution in [2.24, 2.45) is 5.92 Å². The Labute approximate surface area is 119 Å². The average Bonchev–Trinajstić information content (AvgIpc) is 3.12. The molecule has 0 radical (unpaired) electrons. The van der Waals surface area contributed by atoms with E-state index < -0.39 is 10.0 Å². The maximum atomic E-state index is 12.7. The Bertz CT molecular complexity index is 568. The van der Waals surface area contributed by atoms with E-state index in [0.29, 0.717) is 11.6 Å². The van der Waals surface area contributed by atoms with Gasteiger partial charge < -0.3 is 5.73 Å². The molecule has 0 unspecified atom stereocenters. The zero-order valence-electron chi connectivity index (χ0n) is 11.1. The van der Waals surface area contributed by atoms with Crippen LogP contribution in [-0.4, -0.2) is 25.3 Å². The highest BCUT2D eigenvalue weighted by Gasteiger charge is 2.39. The van der Waals surface area contributed by atoms with Crippen LogP contribution in [0.5, 0.6) is 0 Å². The first-order valence-electron chi connectivity index (χ1n) is 6.39. The molecule has 1 saturated carbocycles. The molecule has 0 saturated heterocycles. The standard InChI is InChI=1S/C13H19ClN2O2S/c1-9(2)8-16(11-4-5-11)19(17,18)13-7-10(14)3-6-12(13)15/h3,6-7,9,11H,4-5,8,15H2,1-2H3. The summed E-state index contributed by atoms with van der Waals surface area (Å²) in [6, 6.07) is 4.68. The zero-order valence-corrected chi connectivity index (χ0v) is 12.7. The van der Waals surface area contributed by atoms with Crippen molar-refractivity contribution in [1.29, 1.82) is 0 Å². The zero-order chi connectivity index (χ0) is 14.2. The van der Waals surface area contributed by atoms with E-state index in [1.54, 1.807) is 10.4 Å². The smallest absolute Gasteiger partial charge is 0.245 e. The van der Waals surface area contributed by atoms with Gasteiger partial charge in [0.2, 0.25) is 10.0 Å². The van der Waals surface area contributed by atoms with Gasteiger partial charge in [0.1, 0.15) is 4.90 Å². The van der Waals surface area contributed by atoms with Crippen LogP contribution in [0.1, 0.15) is 26.7 Å². The molecule has 6 heteroatoms. The quantitative estimate of drug-likeness (QED) is 0.851. The van der Waals surface area contributed by atoms with E-state index in [9.17, 15) is 8.42 Å². The van der Waals surface area contributed by atoms with Crippen LogP contribution < -0.4 is 5.73 Å². The third kappa shape index (κ3) is 3.22. The fourth-order valence-corrected chi connectivity index (χ4v) is 4.25. The number of sulfonamides is 1. The minimum Gasteiger partial charge on any atom is -0.398 e. The summed E-state index contributed by atoms with van der Waals surface area (Å²) in [6.07, 6.45) is 1.85. The highest BCUT2D eigenvalue weighted by Crippen LogP contribution is 2.35. The van der Waals surface area contributed by atoms with Gasteiger partial charge in [0.05, 0.1) is 5.69 Å². The van der Waals surface area contributed by atoms with Gasteiger partial charge in [-0.3, -0.25) is 0 Å². The van der Waals surface area contributed by atoms with Crippen LogP contribution in [-0.2, 0) is 10.0 Å². The SMILES string of the molecule is CC(C)CN(C1CC1)S(=O)(=O)c1cc(Cl)ccc1N. The van der Waals surface area contributed by atoms with Gasteiger partial charge in [0.25, 0.3) is 0 Å². The molecule has 2 N–H and O–H groups in total. The molecule has 4 nitrogen and oxygen atoms in total. The molecule has 0 bridgehead atoms. The van der Waals surface area contributed by atoms with Crippen LogP contribution in [0.2, 0.25) is 5.02 Å². The van der Waals surface area contributed by atoms with Gasteiger partial charge in [0, 0.05) is 17.6 Å². The molecule has 2 rings (SSSR count). The molecule has 1 aliphatic carbocycles. The number of nitrogens with zero attached hydrogens (tertiary/aromatic N) is 1. The average molecular weight is 303 g/mol. The van der Waals surface area contributed by atoms with Gasteiger partial charge >= 0.3 is 0 Å². The molecule has 0 aromatic heterocycles. The molecular formula is C13H19ClN2O2S. The summed E-state index contributed by atoms with van der Waals surface area (Å²) < 4.78 is 27.0. The molecule has 19 heavy (non-hydrogen) atoms. The number of nitrogen functional groups attached to an aromatic ring is 1. The minimum atomic E-state index is -3.56. The van der Waals surface area contributed by atoms with Crippen LogP contribution in [0.15, 0.2) is 23.1 Å². The van der Waals surface area contributed by atoms with Crippen LogP contribution in [0, 0.1) is 5.92 Å². The van der Waals surface area contributed by atoms with Crippen molar-refractivity contribution in [2.75, 3.05) is 12.3 Å². The Hall–Kier alpha value is -0.780. The third-order valence-corrected chi connectivity index (χ3v) is 5.27. The Morgan fingerprint density at radius 2 is 2.05 bits per heavy atom. The molecule has 106 valence electrons. The number of nitrogens with two attached hydrogens (primary N) is 1. The lowest BCUT2D eigenvalue weighted by molar-refractivity contribution is 0.360. The summed E-state index contributed by atoms with van der Waals surface area (Å²) in [4.78, 5) is 0.118. The second-order valence-corrected chi connectivity index (χ2v) is 7.68. The number of hydrogen-bond acceptors (Lipinski definition) is 3. The number of anilines is 1. The highest BCUT2D eigenvalue weighted by atomic mass is 35.5. The summed E-state index contributed by atoms with van der Waals surface area (Å²) in [5.74, 6) is 0.274. The first-order chi connectivity index (χ1) is 8.82. The van der Waals surface area contributed by atoms with Gasteiger partial charge in [-0.2, -0.15) is 4.31 Å². The van der Waals surface area contributed by atoms with E-state index >= 15 is 0 Å². The lowest BCUT2D eigenvalue weighted by atomic mass is 10.2. The molecule has 0 heterocycles. The summed E-state index contributed by atoms with van der Waals surface area (Å²) in [7, 11) is -3.56. The molecule has 0 spiro atoms. The predicted octanol–water partition coefficient (Wildman–Crippen LogP) is 2.73. The van der Waals surface area contributed by atoms with Crippen molar-refractivity contribution >= 4 is 27.3 Å². The molecule has 1 aromatic rings. The van der Waals surface area contributed by atoms with E-state index in [4.69, 9.17) is 17.3 Å². The van der Waals surface area contributed by atoms with Gasteiger partial charge in [-0.25, -0.2) is 8.42 Å². The highest BCUT2D eigenvalue weighted by molar-refractivity contribution is 7.89. The maximum absolute atomic E-state index is 12.7. The van der Waals surface area contributed by atoms with Crippen LogP contribution in [0.25, 0.3) is 0 Å². The molecule has 0 aliphatic heterocycles. The largest absolute Gasteiger partial charge is 0.398 e. The second-order valence-electron chi connectivity index (χ2n) is 5.38. The molecule has 0 atom stereocenters. The first-order valence-corrected chi connectivity index (χ1v) is 8.21. The van der Waals surface area contributed by atoms with Crippen molar-refractivity contribution in [3.8, 4) is 0 Å². The van der Waals surface area contributed by atoms with Crippen molar-refractivity contribution in [3.05, 3.63) is 23.2 Å². The summed E-state index contributed by atoms with van der Waals surface area (Å²) in [5.41, 5.74) is 6.05. The van der Waals surface area contributed by atoms with Gasteiger partial charge in [0.15, 0.2) is 0 Å². The molecule has 0 amide bonds. The van der Waals surface area contributed by atoms with Crippen molar-refractivity contribution < 1.29 is 8.42 Å². The number of hydrogen-bond donors (Lipinski definition) is 1. The fourth-order valence-electron chi connectivity index (χ4n) is 2.02. The summed E-state index contributed by atoms with van der Waals surface area (Å²) >= 11 is 5.89. The van der Waals surface area contributed by atoms with Gasteiger partial charge in [-0.05, 0) is 37.0 Å². The maximum Gasteiger partial charge on any atom is 0.245 e. The molecule has 1 aromatic carbocycles. The normalized spacial score (nSPS) is 16.3. The summed E-state index contributed by atoms with van der Waals surface area (Å²) in [6.45, 7) is 4.53. The van der Waals surface area contributed by atoms with Crippen molar-refractivity contribution in [3.63, 3.8) is 0 Å². The monoisotopic (exact) mass is 302 g/mol. The predicted molar refractivity (Wildman–Crippen MR) is 77.6 cm³/mol. The Kier molecular flexibility index (Phi) is 4.08. The van der Waals surface area contributed by atoms with Crippen LogP contribution in [0.4, 0.5) is 5.69 Å². The van der Waals surface area contributed by atoms with E-state index in [1.165, 1.54) is 12.1 Å². The number of rotatable bonds is 5. The van der Waals surface area contributed by atoms with E-state index in [1.807, 2.05) is 13.8 Å². The van der Waals surface area contributed by atoms with Crippen LogP contribution >= 0.6 is 11.6 Å².